The summed E-state index contributed by atoms with van der Waals surface area (Å²) in [6.45, 7) is 7.09. The van der Waals surface area contributed by atoms with Gasteiger partial charge in [0.15, 0.2) is 11.5 Å². The first-order valence-corrected chi connectivity index (χ1v) is 8.48. The average Bonchev–Trinajstić information content (AvgIpc) is 2.60. The highest BCUT2D eigenvalue weighted by molar-refractivity contribution is 5.94. The second-order valence-corrected chi connectivity index (χ2v) is 5.62. The molecule has 0 unspecified atom stereocenters. The zero-order valence-corrected chi connectivity index (χ0v) is 14.9. The van der Waals surface area contributed by atoms with Gasteiger partial charge >= 0.3 is 0 Å². The predicted molar refractivity (Wildman–Crippen MR) is 96.0 cm³/mol. The number of nitrogens with one attached hydrogen (secondary N) is 1. The largest absolute Gasteiger partial charge is 0.490 e. The normalized spacial score (nSPS) is 10.4. The molecule has 25 heavy (non-hydrogen) atoms. The summed E-state index contributed by atoms with van der Waals surface area (Å²) in [6, 6.07) is 10.2. The van der Waals surface area contributed by atoms with Crippen LogP contribution in [0, 0.1) is 12.7 Å². The average molecular weight is 345 g/mol. The molecular formula is C20H24FNO3. The van der Waals surface area contributed by atoms with Crippen molar-refractivity contribution >= 4 is 5.91 Å². The highest BCUT2D eigenvalue weighted by Gasteiger charge is 2.09. The number of rotatable bonds is 8. The van der Waals surface area contributed by atoms with E-state index in [1.807, 2.05) is 32.0 Å². The number of aryl methyl sites for hydroxylation is 1. The molecule has 1 amide bonds. The van der Waals surface area contributed by atoms with Gasteiger partial charge in [0.1, 0.15) is 5.82 Å². The molecule has 2 aromatic rings. The molecule has 0 aliphatic rings. The van der Waals surface area contributed by atoms with E-state index in [9.17, 15) is 9.18 Å². The number of carbonyl (C=O) groups is 1. The topological polar surface area (TPSA) is 47.6 Å². The van der Waals surface area contributed by atoms with Crippen LogP contribution in [0.5, 0.6) is 11.5 Å². The lowest BCUT2D eigenvalue weighted by Crippen LogP contribution is -2.25. The van der Waals surface area contributed by atoms with Gasteiger partial charge in [0.2, 0.25) is 0 Å². The Balaban J connectivity index is 1.95. The molecule has 134 valence electrons. The quantitative estimate of drug-likeness (QED) is 0.789. The number of ether oxygens (including phenoxy) is 2. The maximum Gasteiger partial charge on any atom is 0.251 e. The molecule has 4 nitrogen and oxygen atoms in total. The van der Waals surface area contributed by atoms with Crippen LogP contribution in [0.25, 0.3) is 0 Å². The van der Waals surface area contributed by atoms with Crippen LogP contribution in [0.4, 0.5) is 4.39 Å². The van der Waals surface area contributed by atoms with Crippen molar-refractivity contribution in [3.05, 3.63) is 58.9 Å². The number of carbonyl (C=O) groups excluding carboxylic acids is 1. The Morgan fingerprint density at radius 2 is 1.76 bits per heavy atom. The molecule has 0 aliphatic carbocycles. The first-order valence-electron chi connectivity index (χ1n) is 8.48. The SMILES string of the molecule is CCOc1ccc(CCNC(=O)c2ccc(C)c(F)c2)cc1OCC. The Morgan fingerprint density at radius 3 is 2.44 bits per heavy atom. The maximum absolute atomic E-state index is 13.5. The summed E-state index contributed by atoms with van der Waals surface area (Å²) < 4.78 is 24.7. The first-order chi connectivity index (χ1) is 12.0. The van der Waals surface area contributed by atoms with Crippen LogP contribution in [0.15, 0.2) is 36.4 Å². The van der Waals surface area contributed by atoms with E-state index in [4.69, 9.17) is 9.47 Å². The van der Waals surface area contributed by atoms with Gasteiger partial charge < -0.3 is 14.8 Å². The van der Waals surface area contributed by atoms with E-state index in [-0.39, 0.29) is 11.7 Å². The highest BCUT2D eigenvalue weighted by atomic mass is 19.1. The molecule has 0 saturated carbocycles. The van der Waals surface area contributed by atoms with Crippen molar-refractivity contribution in [3.63, 3.8) is 0 Å². The Labute approximate surface area is 148 Å². The number of amides is 1. The van der Waals surface area contributed by atoms with Crippen LogP contribution >= 0.6 is 0 Å². The molecule has 0 spiro atoms. The van der Waals surface area contributed by atoms with Crippen molar-refractivity contribution in [2.24, 2.45) is 0 Å². The minimum Gasteiger partial charge on any atom is -0.490 e. The van der Waals surface area contributed by atoms with E-state index in [0.717, 1.165) is 5.56 Å². The number of hydrogen-bond donors (Lipinski definition) is 1. The lowest BCUT2D eigenvalue weighted by Gasteiger charge is -2.12. The molecular weight excluding hydrogens is 321 g/mol. The molecule has 0 heterocycles. The Kier molecular flexibility index (Phi) is 6.81. The Hall–Kier alpha value is -2.56. The molecule has 5 heteroatoms. The van der Waals surface area contributed by atoms with E-state index in [0.29, 0.717) is 48.8 Å². The van der Waals surface area contributed by atoms with Crippen molar-refractivity contribution < 1.29 is 18.7 Å². The van der Waals surface area contributed by atoms with Gasteiger partial charge in [-0.15, -0.1) is 0 Å². The smallest absolute Gasteiger partial charge is 0.251 e. The summed E-state index contributed by atoms with van der Waals surface area (Å²) >= 11 is 0. The van der Waals surface area contributed by atoms with Gasteiger partial charge in [0.05, 0.1) is 13.2 Å². The summed E-state index contributed by atoms with van der Waals surface area (Å²) in [5.41, 5.74) is 1.88. The number of benzene rings is 2. The van der Waals surface area contributed by atoms with Gasteiger partial charge in [0, 0.05) is 12.1 Å². The van der Waals surface area contributed by atoms with Crippen molar-refractivity contribution in [2.45, 2.75) is 27.2 Å². The predicted octanol–water partition coefficient (Wildman–Crippen LogP) is 3.90. The Bertz CT molecular complexity index is 731. The molecule has 1 N–H and O–H groups in total. The lowest BCUT2D eigenvalue weighted by atomic mass is 10.1. The molecule has 0 fully saturated rings. The van der Waals surface area contributed by atoms with Crippen LogP contribution in [0.1, 0.15) is 35.3 Å². The molecule has 0 radical (unpaired) electrons. The van der Waals surface area contributed by atoms with Gasteiger partial charge in [-0.25, -0.2) is 4.39 Å². The summed E-state index contributed by atoms with van der Waals surface area (Å²) in [7, 11) is 0. The number of hydrogen-bond acceptors (Lipinski definition) is 3. The molecule has 0 aliphatic heterocycles. The highest BCUT2D eigenvalue weighted by Crippen LogP contribution is 2.28. The third kappa shape index (κ3) is 5.21. The number of halogens is 1. The summed E-state index contributed by atoms with van der Waals surface area (Å²) in [5, 5.41) is 2.81. The van der Waals surface area contributed by atoms with E-state index < -0.39 is 0 Å². The summed E-state index contributed by atoms with van der Waals surface area (Å²) in [5.74, 6) is 0.761. The summed E-state index contributed by atoms with van der Waals surface area (Å²) in [6.07, 6.45) is 0.645. The summed E-state index contributed by atoms with van der Waals surface area (Å²) in [4.78, 5) is 12.1. The fourth-order valence-corrected chi connectivity index (χ4v) is 2.41. The zero-order valence-electron chi connectivity index (χ0n) is 14.9. The van der Waals surface area contributed by atoms with Gasteiger partial charge in [-0.3, -0.25) is 4.79 Å². The minimum atomic E-state index is -0.375. The maximum atomic E-state index is 13.5. The third-order valence-electron chi connectivity index (χ3n) is 3.74. The lowest BCUT2D eigenvalue weighted by molar-refractivity contribution is 0.0953. The Morgan fingerprint density at radius 1 is 1.04 bits per heavy atom. The molecule has 0 saturated heterocycles. The van der Waals surface area contributed by atoms with E-state index in [1.165, 1.54) is 6.07 Å². The van der Waals surface area contributed by atoms with E-state index in [2.05, 4.69) is 5.32 Å². The van der Waals surface area contributed by atoms with Crippen molar-refractivity contribution in [3.8, 4) is 11.5 Å². The van der Waals surface area contributed by atoms with Crippen LogP contribution < -0.4 is 14.8 Å². The van der Waals surface area contributed by atoms with Crippen LogP contribution in [0.3, 0.4) is 0 Å². The van der Waals surface area contributed by atoms with Gasteiger partial charge in [0.25, 0.3) is 5.91 Å². The fraction of sp³-hybridized carbons (Fsp3) is 0.350. The first kappa shape index (κ1) is 18.8. The second kappa shape index (κ2) is 9.06. The fourth-order valence-electron chi connectivity index (χ4n) is 2.41. The van der Waals surface area contributed by atoms with Gasteiger partial charge in [-0.1, -0.05) is 12.1 Å². The second-order valence-electron chi connectivity index (χ2n) is 5.62. The van der Waals surface area contributed by atoms with Crippen LogP contribution in [0.2, 0.25) is 0 Å². The van der Waals surface area contributed by atoms with Crippen molar-refractivity contribution in [2.75, 3.05) is 19.8 Å². The molecule has 2 aromatic carbocycles. The van der Waals surface area contributed by atoms with Crippen LogP contribution in [-0.2, 0) is 6.42 Å². The molecule has 0 aromatic heterocycles. The van der Waals surface area contributed by atoms with Gasteiger partial charge in [-0.2, -0.15) is 0 Å². The standard InChI is InChI=1S/C20H24FNO3/c1-4-24-18-9-7-15(12-19(18)25-5-2)10-11-22-20(23)16-8-6-14(3)17(21)13-16/h6-9,12-13H,4-5,10-11H2,1-3H3,(H,22,23). The molecule has 0 atom stereocenters. The van der Waals surface area contributed by atoms with E-state index in [1.54, 1.807) is 19.1 Å². The monoisotopic (exact) mass is 345 g/mol. The third-order valence-corrected chi connectivity index (χ3v) is 3.74. The van der Waals surface area contributed by atoms with Crippen molar-refractivity contribution in [1.29, 1.82) is 0 Å². The van der Waals surface area contributed by atoms with Crippen molar-refractivity contribution in [1.82, 2.24) is 5.32 Å². The molecule has 0 bridgehead atoms. The van der Waals surface area contributed by atoms with Crippen LogP contribution in [-0.4, -0.2) is 25.7 Å². The molecule has 2 rings (SSSR count). The van der Waals surface area contributed by atoms with Gasteiger partial charge in [-0.05, 0) is 62.6 Å². The zero-order chi connectivity index (χ0) is 18.2. The van der Waals surface area contributed by atoms with E-state index >= 15 is 0 Å². The minimum absolute atomic E-state index is 0.283.